The van der Waals surface area contributed by atoms with Crippen molar-refractivity contribution in [2.24, 2.45) is 5.73 Å². The third-order valence-electron chi connectivity index (χ3n) is 2.79. The summed E-state index contributed by atoms with van der Waals surface area (Å²) in [7, 11) is 1.69. The lowest BCUT2D eigenvalue weighted by atomic mass is 10.0. The Morgan fingerprint density at radius 2 is 2.00 bits per heavy atom. The third-order valence-corrected chi connectivity index (χ3v) is 2.79. The van der Waals surface area contributed by atoms with Gasteiger partial charge in [0, 0.05) is 13.2 Å². The molecule has 0 aliphatic carbocycles. The molecule has 0 saturated carbocycles. The lowest BCUT2D eigenvalue weighted by Gasteiger charge is -2.15. The Labute approximate surface area is 96.6 Å². The number of methoxy groups -OCH3 is 1. The Hall–Kier alpha value is -0.930. The van der Waals surface area contributed by atoms with Gasteiger partial charge in [0.1, 0.15) is 5.82 Å². The Bertz CT molecular complexity index is 317. The maximum Gasteiger partial charge on any atom is 0.126 e. The van der Waals surface area contributed by atoms with Crippen molar-refractivity contribution < 1.29 is 9.13 Å². The number of hydrogen-bond donors (Lipinski definition) is 1. The monoisotopic (exact) mass is 225 g/mol. The molecule has 0 aliphatic rings. The van der Waals surface area contributed by atoms with Gasteiger partial charge >= 0.3 is 0 Å². The summed E-state index contributed by atoms with van der Waals surface area (Å²) in [5.41, 5.74) is 6.65. The molecular formula is C13H20FNO. The average molecular weight is 225 g/mol. The van der Waals surface area contributed by atoms with Crippen molar-refractivity contribution in [3.63, 3.8) is 0 Å². The lowest BCUT2D eigenvalue weighted by molar-refractivity contribution is 0.107. The first-order valence-corrected chi connectivity index (χ1v) is 5.65. The van der Waals surface area contributed by atoms with Crippen molar-refractivity contribution in [1.29, 1.82) is 0 Å². The molecule has 3 heteroatoms. The van der Waals surface area contributed by atoms with E-state index in [2.05, 4.69) is 0 Å². The zero-order valence-electron chi connectivity index (χ0n) is 9.95. The Kier molecular flexibility index (Phi) is 5.43. The smallest absolute Gasteiger partial charge is 0.126 e. The normalized spacial score (nSPS) is 14.8. The molecule has 16 heavy (non-hydrogen) atoms. The molecule has 0 aliphatic heterocycles. The van der Waals surface area contributed by atoms with E-state index in [0.29, 0.717) is 12.0 Å². The minimum atomic E-state index is -0.169. The molecule has 0 bridgehead atoms. The van der Waals surface area contributed by atoms with Crippen LogP contribution in [0.4, 0.5) is 4.39 Å². The Morgan fingerprint density at radius 1 is 1.31 bits per heavy atom. The molecule has 0 fully saturated rings. The number of halogens is 1. The van der Waals surface area contributed by atoms with Crippen LogP contribution in [0.3, 0.4) is 0 Å². The minimum Gasteiger partial charge on any atom is -0.382 e. The largest absolute Gasteiger partial charge is 0.382 e. The van der Waals surface area contributed by atoms with Gasteiger partial charge in [-0.3, -0.25) is 0 Å². The Balaban J connectivity index is 2.40. The van der Waals surface area contributed by atoms with Crippen LogP contribution in [0.15, 0.2) is 24.3 Å². The lowest BCUT2D eigenvalue weighted by Crippen LogP contribution is -2.25. The van der Waals surface area contributed by atoms with Crippen molar-refractivity contribution in [2.45, 2.75) is 38.3 Å². The Morgan fingerprint density at radius 3 is 2.62 bits per heavy atom. The molecule has 0 saturated heterocycles. The maximum absolute atomic E-state index is 13.3. The van der Waals surface area contributed by atoms with Crippen molar-refractivity contribution in [1.82, 2.24) is 0 Å². The highest BCUT2D eigenvalue weighted by atomic mass is 19.1. The molecule has 0 spiro atoms. The SMILES string of the molecule is COC(C)CCC(N)Cc1ccccc1F. The second-order valence-electron chi connectivity index (χ2n) is 4.18. The third kappa shape index (κ3) is 4.29. The van der Waals surface area contributed by atoms with Gasteiger partial charge in [-0.2, -0.15) is 0 Å². The van der Waals surface area contributed by atoms with Crippen LogP contribution in [0.1, 0.15) is 25.3 Å². The molecule has 1 rings (SSSR count). The molecular weight excluding hydrogens is 205 g/mol. The van der Waals surface area contributed by atoms with Gasteiger partial charge in [0.15, 0.2) is 0 Å². The zero-order chi connectivity index (χ0) is 12.0. The van der Waals surface area contributed by atoms with Crippen molar-refractivity contribution in [3.8, 4) is 0 Å². The first-order valence-electron chi connectivity index (χ1n) is 5.65. The topological polar surface area (TPSA) is 35.2 Å². The fraction of sp³-hybridized carbons (Fsp3) is 0.538. The summed E-state index contributed by atoms with van der Waals surface area (Å²) < 4.78 is 18.5. The van der Waals surface area contributed by atoms with Gasteiger partial charge in [-0.25, -0.2) is 4.39 Å². The summed E-state index contributed by atoms with van der Waals surface area (Å²) in [4.78, 5) is 0. The van der Waals surface area contributed by atoms with Crippen molar-refractivity contribution in [2.75, 3.05) is 7.11 Å². The van der Waals surface area contributed by atoms with Gasteiger partial charge in [0.25, 0.3) is 0 Å². The first-order chi connectivity index (χ1) is 7.63. The van der Waals surface area contributed by atoms with Crippen LogP contribution >= 0.6 is 0 Å². The van der Waals surface area contributed by atoms with Crippen LogP contribution in [0.5, 0.6) is 0 Å². The quantitative estimate of drug-likeness (QED) is 0.807. The van der Waals surface area contributed by atoms with Crippen LogP contribution in [0, 0.1) is 5.82 Å². The number of rotatable bonds is 6. The van der Waals surface area contributed by atoms with Crippen LogP contribution in [0.25, 0.3) is 0 Å². The minimum absolute atomic E-state index is 0.00509. The molecule has 0 heterocycles. The average Bonchev–Trinajstić information content (AvgIpc) is 2.29. The number of hydrogen-bond acceptors (Lipinski definition) is 2. The highest BCUT2D eigenvalue weighted by Crippen LogP contribution is 2.11. The maximum atomic E-state index is 13.3. The predicted octanol–water partition coefficient (Wildman–Crippen LogP) is 2.51. The molecule has 0 amide bonds. The molecule has 0 aromatic heterocycles. The summed E-state index contributed by atoms with van der Waals surface area (Å²) in [5.74, 6) is -0.169. The number of ether oxygens (including phenoxy) is 1. The van der Waals surface area contributed by atoms with E-state index >= 15 is 0 Å². The van der Waals surface area contributed by atoms with Crippen LogP contribution in [-0.2, 0) is 11.2 Å². The van der Waals surface area contributed by atoms with Gasteiger partial charge in [-0.05, 0) is 37.8 Å². The van der Waals surface area contributed by atoms with E-state index in [1.807, 2.05) is 13.0 Å². The molecule has 2 N–H and O–H groups in total. The summed E-state index contributed by atoms with van der Waals surface area (Å²) >= 11 is 0. The van der Waals surface area contributed by atoms with E-state index in [-0.39, 0.29) is 18.0 Å². The second-order valence-corrected chi connectivity index (χ2v) is 4.18. The second kappa shape index (κ2) is 6.61. The fourth-order valence-corrected chi connectivity index (χ4v) is 1.62. The highest BCUT2D eigenvalue weighted by Gasteiger charge is 2.09. The van der Waals surface area contributed by atoms with E-state index in [1.165, 1.54) is 6.07 Å². The molecule has 90 valence electrons. The van der Waals surface area contributed by atoms with E-state index in [9.17, 15) is 4.39 Å². The van der Waals surface area contributed by atoms with Gasteiger partial charge in [-0.1, -0.05) is 18.2 Å². The molecule has 2 unspecified atom stereocenters. The summed E-state index contributed by atoms with van der Waals surface area (Å²) in [6, 6.07) is 6.78. The molecule has 1 aromatic carbocycles. The van der Waals surface area contributed by atoms with Gasteiger partial charge in [0.2, 0.25) is 0 Å². The molecule has 2 atom stereocenters. The van der Waals surface area contributed by atoms with Gasteiger partial charge in [-0.15, -0.1) is 0 Å². The van der Waals surface area contributed by atoms with E-state index < -0.39 is 0 Å². The van der Waals surface area contributed by atoms with Crippen LogP contribution < -0.4 is 5.73 Å². The number of benzene rings is 1. The van der Waals surface area contributed by atoms with Gasteiger partial charge < -0.3 is 10.5 Å². The first kappa shape index (κ1) is 13.1. The summed E-state index contributed by atoms with van der Waals surface area (Å²) in [5, 5.41) is 0. The van der Waals surface area contributed by atoms with Crippen molar-refractivity contribution >= 4 is 0 Å². The van der Waals surface area contributed by atoms with E-state index in [1.54, 1.807) is 19.2 Å². The summed E-state index contributed by atoms with van der Waals surface area (Å²) in [6.07, 6.45) is 2.56. The van der Waals surface area contributed by atoms with Gasteiger partial charge in [0.05, 0.1) is 6.10 Å². The number of nitrogens with two attached hydrogens (primary N) is 1. The molecule has 0 radical (unpaired) electrons. The molecule has 2 nitrogen and oxygen atoms in total. The highest BCUT2D eigenvalue weighted by molar-refractivity contribution is 5.18. The molecule has 1 aromatic rings. The van der Waals surface area contributed by atoms with E-state index in [0.717, 1.165) is 12.8 Å². The van der Waals surface area contributed by atoms with Crippen LogP contribution in [0.2, 0.25) is 0 Å². The van der Waals surface area contributed by atoms with Crippen LogP contribution in [-0.4, -0.2) is 19.3 Å². The van der Waals surface area contributed by atoms with Crippen molar-refractivity contribution in [3.05, 3.63) is 35.6 Å². The summed E-state index contributed by atoms with van der Waals surface area (Å²) in [6.45, 7) is 2.01. The predicted molar refractivity (Wildman–Crippen MR) is 63.8 cm³/mol. The standard InChI is InChI=1S/C13H20FNO/c1-10(16-2)7-8-12(15)9-11-5-3-4-6-13(11)14/h3-6,10,12H,7-9,15H2,1-2H3. The fourth-order valence-electron chi connectivity index (χ4n) is 1.62. The zero-order valence-corrected chi connectivity index (χ0v) is 9.95. The van der Waals surface area contributed by atoms with E-state index in [4.69, 9.17) is 10.5 Å².